The van der Waals surface area contributed by atoms with E-state index in [1.54, 1.807) is 0 Å². The van der Waals surface area contributed by atoms with Crippen molar-refractivity contribution in [3.05, 3.63) is 0 Å². The number of rotatable bonds is 5. The van der Waals surface area contributed by atoms with Crippen LogP contribution in [0.4, 0.5) is 0 Å². The third-order valence-corrected chi connectivity index (χ3v) is 1.92. The van der Waals surface area contributed by atoms with E-state index in [1.807, 2.05) is 6.92 Å². The molecule has 0 radical (unpaired) electrons. The molecule has 0 heterocycles. The summed E-state index contributed by atoms with van der Waals surface area (Å²) in [4.78, 5) is 0. The van der Waals surface area contributed by atoms with Gasteiger partial charge in [0.05, 0.1) is 12.7 Å². The Hall–Kier alpha value is 0.350. The van der Waals surface area contributed by atoms with Crippen LogP contribution in [-0.2, 0) is 4.52 Å². The predicted octanol–water partition coefficient (Wildman–Crippen LogP) is 2.47. The van der Waals surface area contributed by atoms with Crippen molar-refractivity contribution in [3.8, 4) is 0 Å². The molecule has 0 aromatic heterocycles. The zero-order valence-corrected chi connectivity index (χ0v) is 8.73. The molecule has 0 bridgehead atoms. The van der Waals surface area contributed by atoms with Gasteiger partial charge in [0.25, 0.3) is 0 Å². The van der Waals surface area contributed by atoms with Crippen LogP contribution in [0.2, 0.25) is 0 Å². The minimum atomic E-state index is -0.226. The summed E-state index contributed by atoms with van der Waals surface area (Å²) in [6, 6.07) is 0. The molecule has 3 heteroatoms. The molecule has 0 rings (SSSR count). The second-order valence-electron chi connectivity index (χ2n) is 3.51. The lowest BCUT2D eigenvalue weighted by molar-refractivity contribution is 0.0720. The summed E-state index contributed by atoms with van der Waals surface area (Å²) in [6.45, 7) is 6.82. The maximum atomic E-state index is 9.53. The maximum absolute atomic E-state index is 9.53. The van der Waals surface area contributed by atoms with Crippen LogP contribution >= 0.6 is 9.47 Å². The van der Waals surface area contributed by atoms with E-state index >= 15 is 0 Å². The summed E-state index contributed by atoms with van der Waals surface area (Å²) < 4.78 is 4.86. The Balaban J connectivity index is 0. The van der Waals surface area contributed by atoms with Crippen LogP contribution in [0.25, 0.3) is 0 Å². The number of aliphatic hydroxyl groups excluding tert-OH is 1. The van der Waals surface area contributed by atoms with Gasteiger partial charge in [0.2, 0.25) is 0 Å². The molecule has 1 N–H and O–H groups in total. The summed E-state index contributed by atoms with van der Waals surface area (Å²) in [7, 11) is 2.20. The van der Waals surface area contributed by atoms with Crippen LogP contribution in [0.5, 0.6) is 0 Å². The number of aliphatic hydroxyl groups is 1. The summed E-state index contributed by atoms with van der Waals surface area (Å²) in [5.41, 5.74) is 0. The second kappa shape index (κ2) is 7.97. The molecule has 3 unspecified atom stereocenters. The molecule has 76 valence electrons. The Morgan fingerprint density at radius 1 is 1.33 bits per heavy atom. The van der Waals surface area contributed by atoms with E-state index in [0.717, 1.165) is 6.42 Å². The zero-order chi connectivity index (χ0) is 8.85. The molecule has 0 aliphatic rings. The van der Waals surface area contributed by atoms with Gasteiger partial charge >= 0.3 is 0 Å². The van der Waals surface area contributed by atoms with Gasteiger partial charge < -0.3 is 9.63 Å². The van der Waals surface area contributed by atoms with Crippen LogP contribution in [0, 0.1) is 11.8 Å². The maximum Gasteiger partial charge on any atom is 0.0590 e. The summed E-state index contributed by atoms with van der Waals surface area (Å²) in [5, 5.41) is 9.53. The van der Waals surface area contributed by atoms with E-state index < -0.39 is 0 Å². The highest BCUT2D eigenvalue weighted by Gasteiger charge is 2.14. The fourth-order valence-electron chi connectivity index (χ4n) is 0.978. The number of hydrogen-bond donors (Lipinski definition) is 1. The van der Waals surface area contributed by atoms with Crippen molar-refractivity contribution < 1.29 is 9.63 Å². The lowest BCUT2D eigenvalue weighted by atomic mass is 9.97. The van der Waals surface area contributed by atoms with Crippen molar-refractivity contribution in [2.45, 2.75) is 40.7 Å². The van der Waals surface area contributed by atoms with E-state index in [1.165, 1.54) is 0 Å². The average Bonchev–Trinajstić information content (AvgIpc) is 1.86. The van der Waals surface area contributed by atoms with Gasteiger partial charge in [-0.1, -0.05) is 28.2 Å². The lowest BCUT2D eigenvalue weighted by Gasteiger charge is -2.19. The van der Waals surface area contributed by atoms with Crippen LogP contribution in [0.15, 0.2) is 0 Å². The molecule has 3 atom stereocenters. The molecule has 0 aliphatic carbocycles. The SMILES string of the molecule is C.CC(C)CC(O)C(C)COP. The topological polar surface area (TPSA) is 29.5 Å². The normalized spacial score (nSPS) is 15.5. The van der Waals surface area contributed by atoms with E-state index in [0.29, 0.717) is 12.5 Å². The summed E-state index contributed by atoms with van der Waals surface area (Å²) in [6.07, 6.45) is 0.630. The highest BCUT2D eigenvalue weighted by atomic mass is 31.0. The van der Waals surface area contributed by atoms with E-state index in [2.05, 4.69) is 23.3 Å². The first-order valence-electron chi connectivity index (χ1n) is 4.07. The quantitative estimate of drug-likeness (QED) is 0.681. The molecular formula is C9H23O2P. The molecule has 0 aliphatic heterocycles. The van der Waals surface area contributed by atoms with Crippen molar-refractivity contribution in [1.82, 2.24) is 0 Å². The molecule has 0 saturated heterocycles. The van der Waals surface area contributed by atoms with E-state index in [4.69, 9.17) is 4.52 Å². The Morgan fingerprint density at radius 3 is 2.17 bits per heavy atom. The third kappa shape index (κ3) is 7.02. The molecule has 0 amide bonds. The first-order valence-corrected chi connectivity index (χ1v) is 4.54. The fourth-order valence-corrected chi connectivity index (χ4v) is 1.28. The third-order valence-electron chi connectivity index (χ3n) is 1.73. The van der Waals surface area contributed by atoms with Crippen LogP contribution in [0.1, 0.15) is 34.6 Å². The van der Waals surface area contributed by atoms with Crippen molar-refractivity contribution >= 4 is 9.47 Å². The fraction of sp³-hybridized carbons (Fsp3) is 1.00. The Bertz CT molecular complexity index is 96.5. The van der Waals surface area contributed by atoms with Gasteiger partial charge in [-0.3, -0.25) is 0 Å². The first kappa shape index (κ1) is 14.9. The highest BCUT2D eigenvalue weighted by molar-refractivity contribution is 7.09. The van der Waals surface area contributed by atoms with Crippen LogP contribution in [0.3, 0.4) is 0 Å². The molecule has 0 spiro atoms. The largest absolute Gasteiger partial charge is 0.393 e. The van der Waals surface area contributed by atoms with E-state index in [-0.39, 0.29) is 19.4 Å². The average molecular weight is 194 g/mol. The van der Waals surface area contributed by atoms with Gasteiger partial charge in [-0.15, -0.1) is 0 Å². The van der Waals surface area contributed by atoms with Crippen molar-refractivity contribution in [2.24, 2.45) is 11.8 Å². The van der Waals surface area contributed by atoms with E-state index in [9.17, 15) is 5.11 Å². The minimum Gasteiger partial charge on any atom is -0.393 e. The second-order valence-corrected chi connectivity index (χ2v) is 3.84. The van der Waals surface area contributed by atoms with Gasteiger partial charge in [-0.2, -0.15) is 0 Å². The molecular weight excluding hydrogens is 171 g/mol. The van der Waals surface area contributed by atoms with Gasteiger partial charge in [-0.25, -0.2) is 0 Å². The Kier molecular flexibility index (Phi) is 9.87. The zero-order valence-electron chi connectivity index (χ0n) is 7.58. The van der Waals surface area contributed by atoms with Gasteiger partial charge in [0.15, 0.2) is 0 Å². The molecule has 0 fully saturated rings. The summed E-state index contributed by atoms with van der Waals surface area (Å²) in [5.74, 6) is 0.784. The highest BCUT2D eigenvalue weighted by Crippen LogP contribution is 2.13. The molecule has 12 heavy (non-hydrogen) atoms. The van der Waals surface area contributed by atoms with Crippen molar-refractivity contribution in [3.63, 3.8) is 0 Å². The first-order chi connectivity index (χ1) is 5.07. The molecule has 0 aromatic carbocycles. The lowest BCUT2D eigenvalue weighted by Crippen LogP contribution is -2.22. The van der Waals surface area contributed by atoms with Gasteiger partial charge in [0, 0.05) is 15.4 Å². The van der Waals surface area contributed by atoms with Gasteiger partial charge in [0.1, 0.15) is 0 Å². The standard InChI is InChI=1S/C8H19O2P.CH4/c1-6(2)4-8(9)7(3)5-10-11;/h6-9H,4-5,11H2,1-3H3;1H4. The smallest absolute Gasteiger partial charge is 0.0590 e. The minimum absolute atomic E-state index is 0. The Morgan fingerprint density at radius 2 is 1.83 bits per heavy atom. The molecule has 0 aromatic rings. The summed E-state index contributed by atoms with van der Waals surface area (Å²) >= 11 is 0. The predicted molar refractivity (Wildman–Crippen MR) is 57.0 cm³/mol. The monoisotopic (exact) mass is 194 g/mol. The number of hydrogen-bond acceptors (Lipinski definition) is 2. The Labute approximate surface area is 79.0 Å². The molecule has 2 nitrogen and oxygen atoms in total. The van der Waals surface area contributed by atoms with Crippen LogP contribution in [-0.4, -0.2) is 17.8 Å². The molecule has 0 saturated carbocycles. The van der Waals surface area contributed by atoms with Gasteiger partial charge in [-0.05, 0) is 12.3 Å². The van der Waals surface area contributed by atoms with Crippen molar-refractivity contribution in [2.75, 3.05) is 6.61 Å². The van der Waals surface area contributed by atoms with Crippen LogP contribution < -0.4 is 0 Å². The van der Waals surface area contributed by atoms with Crippen molar-refractivity contribution in [1.29, 1.82) is 0 Å².